The van der Waals surface area contributed by atoms with Crippen molar-refractivity contribution < 1.29 is 14.3 Å². The maximum Gasteiger partial charge on any atom is 0.256 e. The van der Waals surface area contributed by atoms with Gasteiger partial charge in [0.25, 0.3) is 5.91 Å². The van der Waals surface area contributed by atoms with E-state index < -0.39 is 5.41 Å². The Labute approximate surface area is 170 Å². The molecule has 1 N–H and O–H groups in total. The fourth-order valence-electron chi connectivity index (χ4n) is 3.17. The Bertz CT molecular complexity index is 895. The highest BCUT2D eigenvalue weighted by molar-refractivity contribution is 7.99. The molecule has 0 bridgehead atoms. The van der Waals surface area contributed by atoms with Crippen LogP contribution in [0.15, 0.2) is 47.4 Å². The molecule has 2 aromatic rings. The predicted molar refractivity (Wildman–Crippen MR) is 115 cm³/mol. The molecule has 1 aliphatic rings. The molecule has 1 heterocycles. The highest BCUT2D eigenvalue weighted by Gasteiger charge is 2.37. The van der Waals surface area contributed by atoms with E-state index in [2.05, 4.69) is 12.2 Å². The predicted octanol–water partition coefficient (Wildman–Crippen LogP) is 4.82. The number of hydrogen-bond donors (Lipinski definition) is 1. The van der Waals surface area contributed by atoms with Crippen LogP contribution in [0.3, 0.4) is 0 Å². The Morgan fingerprint density at radius 2 is 1.96 bits per heavy atom. The van der Waals surface area contributed by atoms with Crippen LogP contribution in [-0.4, -0.2) is 30.7 Å². The Morgan fingerprint density at radius 3 is 2.68 bits per heavy atom. The zero-order valence-electron chi connectivity index (χ0n) is 16.7. The van der Waals surface area contributed by atoms with Crippen LogP contribution >= 0.6 is 11.8 Å². The summed E-state index contributed by atoms with van der Waals surface area (Å²) in [5, 5.41) is 2.96. The van der Waals surface area contributed by atoms with Crippen molar-refractivity contribution in [1.82, 2.24) is 0 Å². The SMILES string of the molecule is CCSc1ccccc1C(=O)Nc1ccc2c(c1)OCC(C)(C)C(=O)N2CC. The first-order valence-corrected chi connectivity index (χ1v) is 10.5. The summed E-state index contributed by atoms with van der Waals surface area (Å²) in [6.07, 6.45) is 0. The quantitative estimate of drug-likeness (QED) is 0.734. The van der Waals surface area contributed by atoms with Gasteiger partial charge in [-0.05, 0) is 50.8 Å². The maximum atomic E-state index is 12.8. The molecular formula is C22H26N2O3S. The molecule has 0 saturated carbocycles. The third-order valence-electron chi connectivity index (χ3n) is 4.67. The minimum Gasteiger partial charge on any atom is -0.490 e. The van der Waals surface area contributed by atoms with Gasteiger partial charge in [-0.25, -0.2) is 0 Å². The lowest BCUT2D eigenvalue weighted by Crippen LogP contribution is -2.42. The second kappa shape index (κ2) is 8.27. The fourth-order valence-corrected chi connectivity index (χ4v) is 3.98. The summed E-state index contributed by atoms with van der Waals surface area (Å²) in [5.41, 5.74) is 1.42. The molecule has 0 spiro atoms. The van der Waals surface area contributed by atoms with Gasteiger partial charge >= 0.3 is 0 Å². The van der Waals surface area contributed by atoms with Crippen LogP contribution in [0.2, 0.25) is 0 Å². The molecule has 2 amide bonds. The molecule has 0 aliphatic carbocycles. The first-order chi connectivity index (χ1) is 13.4. The normalized spacial score (nSPS) is 15.4. The van der Waals surface area contributed by atoms with E-state index in [1.54, 1.807) is 22.7 Å². The highest BCUT2D eigenvalue weighted by Crippen LogP contribution is 2.38. The van der Waals surface area contributed by atoms with Crippen molar-refractivity contribution in [2.45, 2.75) is 32.6 Å². The number of thioether (sulfide) groups is 1. The Hall–Kier alpha value is -2.47. The summed E-state index contributed by atoms with van der Waals surface area (Å²) in [6, 6.07) is 13.0. The molecule has 5 nitrogen and oxygen atoms in total. The molecule has 3 rings (SSSR count). The third-order valence-corrected chi connectivity index (χ3v) is 5.62. The van der Waals surface area contributed by atoms with Crippen LogP contribution in [0.4, 0.5) is 11.4 Å². The Morgan fingerprint density at radius 1 is 1.21 bits per heavy atom. The average molecular weight is 399 g/mol. The average Bonchev–Trinajstić information content (AvgIpc) is 2.77. The number of carbonyl (C=O) groups excluding carboxylic acids is 2. The molecule has 148 valence electrons. The number of nitrogens with zero attached hydrogens (tertiary/aromatic N) is 1. The molecule has 1 aliphatic heterocycles. The summed E-state index contributed by atoms with van der Waals surface area (Å²) in [4.78, 5) is 28.3. The van der Waals surface area contributed by atoms with Gasteiger partial charge in [0.05, 0.1) is 16.7 Å². The smallest absolute Gasteiger partial charge is 0.256 e. The summed E-state index contributed by atoms with van der Waals surface area (Å²) in [6.45, 7) is 8.63. The van der Waals surface area contributed by atoms with Gasteiger partial charge in [-0.1, -0.05) is 19.1 Å². The molecule has 0 radical (unpaired) electrons. The van der Waals surface area contributed by atoms with E-state index in [-0.39, 0.29) is 11.8 Å². The lowest BCUT2D eigenvalue weighted by Gasteiger charge is -2.26. The van der Waals surface area contributed by atoms with Crippen molar-refractivity contribution >= 4 is 35.0 Å². The van der Waals surface area contributed by atoms with E-state index in [1.807, 2.05) is 57.2 Å². The van der Waals surface area contributed by atoms with E-state index in [0.717, 1.165) is 16.3 Å². The molecule has 28 heavy (non-hydrogen) atoms. The zero-order valence-corrected chi connectivity index (χ0v) is 17.6. The fraction of sp³-hybridized carbons (Fsp3) is 0.364. The summed E-state index contributed by atoms with van der Waals surface area (Å²) < 4.78 is 5.94. The van der Waals surface area contributed by atoms with Gasteiger partial charge in [0.1, 0.15) is 12.4 Å². The zero-order chi connectivity index (χ0) is 20.3. The lowest BCUT2D eigenvalue weighted by molar-refractivity contribution is -0.127. The van der Waals surface area contributed by atoms with Crippen molar-refractivity contribution in [3.05, 3.63) is 48.0 Å². The van der Waals surface area contributed by atoms with Gasteiger partial charge in [-0.3, -0.25) is 9.59 Å². The van der Waals surface area contributed by atoms with Crippen molar-refractivity contribution in [2.75, 3.05) is 29.1 Å². The minimum atomic E-state index is -0.602. The number of nitrogens with one attached hydrogen (secondary N) is 1. The molecule has 2 aromatic carbocycles. The monoisotopic (exact) mass is 398 g/mol. The highest BCUT2D eigenvalue weighted by atomic mass is 32.2. The van der Waals surface area contributed by atoms with E-state index in [0.29, 0.717) is 30.2 Å². The van der Waals surface area contributed by atoms with Crippen molar-refractivity contribution in [1.29, 1.82) is 0 Å². The second-order valence-electron chi connectivity index (χ2n) is 7.29. The molecule has 0 atom stereocenters. The summed E-state index contributed by atoms with van der Waals surface area (Å²) in [5.74, 6) is 1.38. The van der Waals surface area contributed by atoms with Gasteiger partial charge in [-0.15, -0.1) is 11.8 Å². The third kappa shape index (κ3) is 4.02. The molecule has 0 aromatic heterocycles. The summed E-state index contributed by atoms with van der Waals surface area (Å²) in [7, 11) is 0. The number of anilines is 2. The summed E-state index contributed by atoms with van der Waals surface area (Å²) >= 11 is 1.64. The Balaban J connectivity index is 1.88. The largest absolute Gasteiger partial charge is 0.490 e. The van der Waals surface area contributed by atoms with Gasteiger partial charge in [0, 0.05) is 23.2 Å². The maximum absolute atomic E-state index is 12.8. The molecule has 0 unspecified atom stereocenters. The first kappa shape index (κ1) is 20.3. The number of amides is 2. The molecular weight excluding hydrogens is 372 g/mol. The van der Waals surface area contributed by atoms with Crippen molar-refractivity contribution in [2.24, 2.45) is 5.41 Å². The van der Waals surface area contributed by atoms with E-state index in [9.17, 15) is 9.59 Å². The van der Waals surface area contributed by atoms with E-state index >= 15 is 0 Å². The van der Waals surface area contributed by atoms with E-state index in [1.165, 1.54) is 0 Å². The Kier molecular flexibility index (Phi) is 5.98. The topological polar surface area (TPSA) is 58.6 Å². The van der Waals surface area contributed by atoms with Crippen LogP contribution in [0.5, 0.6) is 5.75 Å². The van der Waals surface area contributed by atoms with Crippen LogP contribution in [0.25, 0.3) is 0 Å². The number of benzene rings is 2. The molecule has 0 fully saturated rings. The van der Waals surface area contributed by atoms with Crippen LogP contribution in [0, 0.1) is 5.41 Å². The van der Waals surface area contributed by atoms with Gasteiger partial charge in [0.2, 0.25) is 5.91 Å². The number of rotatable bonds is 5. The van der Waals surface area contributed by atoms with Crippen LogP contribution in [-0.2, 0) is 4.79 Å². The van der Waals surface area contributed by atoms with Crippen molar-refractivity contribution in [3.8, 4) is 5.75 Å². The molecule has 0 saturated heterocycles. The number of ether oxygens (including phenoxy) is 1. The second-order valence-corrected chi connectivity index (χ2v) is 8.59. The van der Waals surface area contributed by atoms with Crippen LogP contribution < -0.4 is 15.0 Å². The van der Waals surface area contributed by atoms with Crippen LogP contribution in [0.1, 0.15) is 38.1 Å². The van der Waals surface area contributed by atoms with E-state index in [4.69, 9.17) is 4.74 Å². The van der Waals surface area contributed by atoms with Gasteiger partial charge in [-0.2, -0.15) is 0 Å². The number of carbonyl (C=O) groups is 2. The number of fused-ring (bicyclic) bond motifs is 1. The molecule has 6 heteroatoms. The van der Waals surface area contributed by atoms with Crippen molar-refractivity contribution in [3.63, 3.8) is 0 Å². The minimum absolute atomic E-state index is 0.0380. The standard InChI is InChI=1S/C22H26N2O3S/c1-5-24-17-12-11-15(13-18(17)27-14-22(3,4)21(24)26)23-20(25)16-9-7-8-10-19(16)28-6-2/h7-13H,5-6,14H2,1-4H3,(H,23,25). The van der Waals surface area contributed by atoms with Gasteiger partial charge in [0.15, 0.2) is 0 Å². The number of hydrogen-bond acceptors (Lipinski definition) is 4. The lowest BCUT2D eigenvalue weighted by atomic mass is 9.93. The van der Waals surface area contributed by atoms with Gasteiger partial charge < -0.3 is 15.0 Å². The first-order valence-electron chi connectivity index (χ1n) is 9.49.